The van der Waals surface area contributed by atoms with Gasteiger partial charge in [-0.05, 0) is 30.2 Å². The van der Waals surface area contributed by atoms with Gasteiger partial charge in [-0.15, -0.1) is 17.0 Å². The Morgan fingerprint density at radius 2 is 1.54 bits per heavy atom. The topological polar surface area (TPSA) is 26.0 Å². The Labute approximate surface area is 102 Å². The van der Waals surface area contributed by atoms with Crippen LogP contribution >= 0.6 is 32.9 Å². The maximum absolute atomic E-state index is 5.87. The van der Waals surface area contributed by atoms with Crippen molar-refractivity contribution in [3.63, 3.8) is 0 Å². The van der Waals surface area contributed by atoms with Gasteiger partial charge in [0.1, 0.15) is 0 Å². The van der Waals surface area contributed by atoms with Crippen LogP contribution < -0.4 is 5.73 Å². The molecule has 1 nitrogen and oxygen atoms in total. The highest BCUT2D eigenvalue weighted by atomic mass is 79.9. The van der Waals surface area contributed by atoms with E-state index in [9.17, 15) is 0 Å². The Bertz CT molecular complexity index is 116. The van der Waals surface area contributed by atoms with Gasteiger partial charge >= 0.3 is 0 Å². The minimum Gasteiger partial charge on any atom is -0.330 e. The molecule has 0 spiro atoms. The van der Waals surface area contributed by atoms with Crippen LogP contribution in [-0.2, 0) is 0 Å². The molecule has 0 radical (unpaired) electrons. The molecule has 0 heterocycles. The molecule has 13 heavy (non-hydrogen) atoms. The third-order valence-corrected chi connectivity index (χ3v) is 3.64. The van der Waals surface area contributed by atoms with Gasteiger partial charge in [0.05, 0.1) is 0 Å². The first-order valence-corrected chi connectivity index (χ1v) is 5.89. The highest BCUT2D eigenvalue weighted by Gasteiger charge is 2.34. The van der Waals surface area contributed by atoms with Gasteiger partial charge < -0.3 is 5.73 Å². The SMILES string of the molecule is Br.CC(C)C(CN)(CCBr)C(C)C. The van der Waals surface area contributed by atoms with Gasteiger partial charge in [0, 0.05) is 5.33 Å². The molecule has 0 aliphatic rings. The summed E-state index contributed by atoms with van der Waals surface area (Å²) in [4.78, 5) is 0. The minimum absolute atomic E-state index is 0. The first-order chi connectivity index (χ1) is 5.51. The molecule has 0 atom stereocenters. The van der Waals surface area contributed by atoms with Crippen molar-refractivity contribution < 1.29 is 0 Å². The molecule has 0 fully saturated rings. The summed E-state index contributed by atoms with van der Waals surface area (Å²) in [7, 11) is 0. The molecule has 0 aromatic heterocycles. The summed E-state index contributed by atoms with van der Waals surface area (Å²) in [6, 6.07) is 0. The number of nitrogens with two attached hydrogens (primary N) is 1. The van der Waals surface area contributed by atoms with Crippen molar-refractivity contribution in [2.24, 2.45) is 23.0 Å². The number of hydrogen-bond donors (Lipinski definition) is 1. The maximum Gasteiger partial charge on any atom is 0.00372 e. The first kappa shape index (κ1) is 16.4. The summed E-state index contributed by atoms with van der Waals surface area (Å²) >= 11 is 3.51. The highest BCUT2D eigenvalue weighted by Crippen LogP contribution is 2.38. The van der Waals surface area contributed by atoms with Crippen LogP contribution in [0.3, 0.4) is 0 Å². The highest BCUT2D eigenvalue weighted by molar-refractivity contribution is 9.09. The summed E-state index contributed by atoms with van der Waals surface area (Å²) in [6.45, 7) is 9.89. The van der Waals surface area contributed by atoms with Gasteiger partial charge in [0.2, 0.25) is 0 Å². The minimum atomic E-state index is 0. The van der Waals surface area contributed by atoms with Crippen LogP contribution in [0.5, 0.6) is 0 Å². The molecule has 0 aromatic rings. The standard InChI is InChI=1S/C10H22BrN.BrH/c1-8(2)10(7-12,5-6-11)9(3)4;/h8-9H,5-7,12H2,1-4H3;1H. The Morgan fingerprint density at radius 1 is 1.15 bits per heavy atom. The van der Waals surface area contributed by atoms with Gasteiger partial charge in [0.25, 0.3) is 0 Å². The fourth-order valence-electron chi connectivity index (χ4n) is 1.99. The molecule has 0 aliphatic heterocycles. The summed E-state index contributed by atoms with van der Waals surface area (Å²) in [5.74, 6) is 1.33. The summed E-state index contributed by atoms with van der Waals surface area (Å²) in [5, 5.41) is 1.06. The van der Waals surface area contributed by atoms with Gasteiger partial charge in [-0.3, -0.25) is 0 Å². The summed E-state index contributed by atoms with van der Waals surface area (Å²) in [5.41, 5.74) is 6.20. The van der Waals surface area contributed by atoms with Crippen LogP contribution in [0.25, 0.3) is 0 Å². The third-order valence-electron chi connectivity index (χ3n) is 3.24. The van der Waals surface area contributed by atoms with Crippen molar-refractivity contribution in [3.8, 4) is 0 Å². The normalized spacial score (nSPS) is 12.0. The van der Waals surface area contributed by atoms with E-state index in [1.165, 1.54) is 6.42 Å². The largest absolute Gasteiger partial charge is 0.330 e. The lowest BCUT2D eigenvalue weighted by Gasteiger charge is -2.40. The fourth-order valence-corrected chi connectivity index (χ4v) is 2.73. The van der Waals surface area contributed by atoms with E-state index in [2.05, 4.69) is 43.6 Å². The fraction of sp³-hybridized carbons (Fsp3) is 1.00. The molecule has 3 heteroatoms. The van der Waals surface area contributed by atoms with Gasteiger partial charge in [-0.25, -0.2) is 0 Å². The van der Waals surface area contributed by atoms with Crippen molar-refractivity contribution in [2.45, 2.75) is 34.1 Å². The monoisotopic (exact) mass is 315 g/mol. The molecule has 0 bridgehead atoms. The van der Waals surface area contributed by atoms with Gasteiger partial charge in [0.15, 0.2) is 0 Å². The van der Waals surface area contributed by atoms with Crippen LogP contribution in [0.2, 0.25) is 0 Å². The Kier molecular flexibility index (Phi) is 9.11. The quantitative estimate of drug-likeness (QED) is 0.770. The van der Waals surface area contributed by atoms with Crippen molar-refractivity contribution in [2.75, 3.05) is 11.9 Å². The smallest absolute Gasteiger partial charge is 0.00372 e. The van der Waals surface area contributed by atoms with Crippen LogP contribution in [-0.4, -0.2) is 11.9 Å². The van der Waals surface area contributed by atoms with Crippen molar-refractivity contribution in [1.82, 2.24) is 0 Å². The van der Waals surface area contributed by atoms with Gasteiger partial charge in [-0.2, -0.15) is 0 Å². The van der Waals surface area contributed by atoms with E-state index in [1.807, 2.05) is 0 Å². The molecular weight excluding hydrogens is 294 g/mol. The zero-order chi connectivity index (χ0) is 9.78. The molecule has 0 aliphatic carbocycles. The number of alkyl halides is 1. The van der Waals surface area contributed by atoms with E-state index in [0.29, 0.717) is 17.3 Å². The van der Waals surface area contributed by atoms with Crippen LogP contribution in [0.15, 0.2) is 0 Å². The van der Waals surface area contributed by atoms with Gasteiger partial charge in [-0.1, -0.05) is 43.6 Å². The molecule has 0 amide bonds. The molecule has 0 saturated carbocycles. The lowest BCUT2D eigenvalue weighted by molar-refractivity contribution is 0.118. The maximum atomic E-state index is 5.87. The van der Waals surface area contributed by atoms with Crippen LogP contribution in [0.1, 0.15) is 34.1 Å². The Morgan fingerprint density at radius 3 is 1.62 bits per heavy atom. The van der Waals surface area contributed by atoms with E-state index in [4.69, 9.17) is 5.73 Å². The van der Waals surface area contributed by atoms with E-state index < -0.39 is 0 Å². The molecule has 0 aromatic carbocycles. The van der Waals surface area contributed by atoms with E-state index in [-0.39, 0.29) is 17.0 Å². The molecular formula is C10H23Br2N. The molecule has 82 valence electrons. The Hall–Kier alpha value is 0.920. The average Bonchev–Trinajstić information content (AvgIpc) is 1.98. The summed E-state index contributed by atoms with van der Waals surface area (Å²) in [6.07, 6.45) is 1.18. The van der Waals surface area contributed by atoms with E-state index in [1.54, 1.807) is 0 Å². The predicted molar refractivity (Wildman–Crippen MR) is 69.9 cm³/mol. The van der Waals surface area contributed by atoms with E-state index >= 15 is 0 Å². The van der Waals surface area contributed by atoms with Crippen molar-refractivity contribution in [1.29, 1.82) is 0 Å². The molecule has 0 saturated heterocycles. The van der Waals surface area contributed by atoms with Crippen molar-refractivity contribution >= 4 is 32.9 Å². The predicted octanol–water partition coefficient (Wildman–Crippen LogP) is 3.61. The second-order valence-electron chi connectivity index (χ2n) is 4.19. The number of halogens is 2. The second-order valence-corrected chi connectivity index (χ2v) is 4.98. The molecule has 2 N–H and O–H groups in total. The van der Waals surface area contributed by atoms with Crippen molar-refractivity contribution in [3.05, 3.63) is 0 Å². The zero-order valence-corrected chi connectivity index (χ0v) is 12.4. The third kappa shape index (κ3) is 3.88. The molecule has 0 unspecified atom stereocenters. The number of hydrogen-bond acceptors (Lipinski definition) is 1. The zero-order valence-electron chi connectivity index (χ0n) is 9.14. The Balaban J connectivity index is 0. The summed E-state index contributed by atoms with van der Waals surface area (Å²) < 4.78 is 0. The second kappa shape index (κ2) is 7.24. The van der Waals surface area contributed by atoms with E-state index in [0.717, 1.165) is 11.9 Å². The lowest BCUT2D eigenvalue weighted by atomic mass is 9.67. The molecule has 0 rings (SSSR count). The van der Waals surface area contributed by atoms with Crippen LogP contribution in [0, 0.1) is 17.3 Å². The first-order valence-electron chi connectivity index (χ1n) is 4.77. The lowest BCUT2D eigenvalue weighted by Crippen LogP contribution is -2.40. The van der Waals surface area contributed by atoms with Crippen LogP contribution in [0.4, 0.5) is 0 Å². The average molecular weight is 317 g/mol. The number of rotatable bonds is 5.